The van der Waals surface area contributed by atoms with Gasteiger partial charge in [0, 0.05) is 17.5 Å². The number of nitrogens with zero attached hydrogens (tertiary/aromatic N) is 2. The predicted molar refractivity (Wildman–Crippen MR) is 94.9 cm³/mol. The van der Waals surface area contributed by atoms with Crippen molar-refractivity contribution in [1.82, 2.24) is 9.55 Å². The lowest BCUT2D eigenvalue weighted by atomic mass is 10.2. The highest BCUT2D eigenvalue weighted by Crippen LogP contribution is 2.43. The maximum absolute atomic E-state index is 12.4. The fraction of sp³-hybridized carbons (Fsp3) is 0.333. The fourth-order valence-electron chi connectivity index (χ4n) is 2.93. The first kappa shape index (κ1) is 18.6. The number of ether oxygens (including phenoxy) is 1. The normalized spacial score (nSPS) is 24.2. The van der Waals surface area contributed by atoms with Crippen molar-refractivity contribution in [3.63, 3.8) is 0 Å². The third kappa shape index (κ3) is 3.94. The van der Waals surface area contributed by atoms with Crippen LogP contribution in [0.5, 0.6) is 0 Å². The number of para-hydroxylation sites is 1. The number of aromatic nitrogens is 2. The number of anilines is 2. The van der Waals surface area contributed by atoms with Gasteiger partial charge in [0.1, 0.15) is 12.3 Å². The van der Waals surface area contributed by atoms with Gasteiger partial charge in [0.15, 0.2) is 5.82 Å². The van der Waals surface area contributed by atoms with Crippen molar-refractivity contribution in [3.05, 3.63) is 40.9 Å². The highest BCUT2D eigenvalue weighted by molar-refractivity contribution is 7.99. The Hall–Kier alpha value is -1.72. The van der Waals surface area contributed by atoms with Crippen LogP contribution in [0.15, 0.2) is 45.0 Å². The van der Waals surface area contributed by atoms with E-state index < -0.39 is 38.6 Å². The molecule has 27 heavy (non-hydrogen) atoms. The van der Waals surface area contributed by atoms with Crippen molar-refractivity contribution in [2.75, 3.05) is 11.9 Å². The Kier molecular flexibility index (Phi) is 4.85. The lowest BCUT2D eigenvalue weighted by Crippen LogP contribution is -2.29. The average Bonchev–Trinajstić information content (AvgIpc) is 2.97. The molecule has 0 bridgehead atoms. The Balaban J connectivity index is 1.55. The molecule has 3 heterocycles. The van der Waals surface area contributed by atoms with Crippen molar-refractivity contribution in [3.8, 4) is 0 Å². The van der Waals surface area contributed by atoms with Gasteiger partial charge < -0.3 is 24.9 Å². The molecule has 2 aromatic rings. The number of phosphoric ester groups is 1. The lowest BCUT2D eigenvalue weighted by Gasteiger charge is -2.22. The van der Waals surface area contributed by atoms with E-state index in [0.29, 0.717) is 5.82 Å². The van der Waals surface area contributed by atoms with E-state index in [0.717, 1.165) is 15.5 Å². The van der Waals surface area contributed by atoms with E-state index in [4.69, 9.17) is 14.5 Å². The molecular formula is C15H16N3O7PS. The number of aliphatic hydroxyl groups excluding tert-OH is 1. The standard InChI is InChI=1S/C15H16N3O7PS/c19-9-5-13(25-10(9)7-24-26(21,22)23)18-6-12-14(17-15(18)20)16-8-3-1-2-4-11(8)27-12/h1-4,6,9-10,13,19H,5,7H2,(H,16,17,20)(H2,21,22,23)/t9-,10+,13+/m0/s1. The molecule has 1 aromatic heterocycles. The molecular weight excluding hydrogens is 397 g/mol. The Labute approximate surface area is 157 Å². The minimum absolute atomic E-state index is 0.0737. The van der Waals surface area contributed by atoms with Gasteiger partial charge in [-0.3, -0.25) is 9.09 Å². The van der Waals surface area contributed by atoms with Crippen LogP contribution in [-0.4, -0.2) is 43.3 Å². The van der Waals surface area contributed by atoms with E-state index in [-0.39, 0.29) is 6.42 Å². The molecule has 144 valence electrons. The quantitative estimate of drug-likeness (QED) is 0.461. The number of hydrogen-bond donors (Lipinski definition) is 4. The summed E-state index contributed by atoms with van der Waals surface area (Å²) in [5, 5.41) is 13.2. The first-order valence-corrected chi connectivity index (χ1v) is 10.4. The molecule has 0 saturated carbocycles. The number of nitrogens with one attached hydrogen (secondary N) is 1. The van der Waals surface area contributed by atoms with Crippen LogP contribution < -0.4 is 11.0 Å². The minimum Gasteiger partial charge on any atom is -0.390 e. The van der Waals surface area contributed by atoms with Crippen LogP contribution in [0, 0.1) is 0 Å². The van der Waals surface area contributed by atoms with Crippen molar-refractivity contribution in [1.29, 1.82) is 0 Å². The van der Waals surface area contributed by atoms with E-state index in [9.17, 15) is 14.5 Å². The van der Waals surface area contributed by atoms with Crippen molar-refractivity contribution in [2.24, 2.45) is 0 Å². The molecule has 2 aliphatic rings. The summed E-state index contributed by atoms with van der Waals surface area (Å²) in [5.41, 5.74) is 0.303. The Morgan fingerprint density at radius 3 is 2.93 bits per heavy atom. The summed E-state index contributed by atoms with van der Waals surface area (Å²) in [6.45, 7) is -0.487. The van der Waals surface area contributed by atoms with Crippen LogP contribution in [0.1, 0.15) is 12.6 Å². The predicted octanol–water partition coefficient (Wildman–Crippen LogP) is 1.21. The maximum atomic E-state index is 12.4. The zero-order chi connectivity index (χ0) is 19.2. The summed E-state index contributed by atoms with van der Waals surface area (Å²) in [7, 11) is -4.68. The molecule has 10 nitrogen and oxygen atoms in total. The topological polar surface area (TPSA) is 143 Å². The van der Waals surface area contributed by atoms with Gasteiger partial charge in [-0.2, -0.15) is 4.98 Å². The largest absolute Gasteiger partial charge is 0.469 e. The van der Waals surface area contributed by atoms with E-state index in [1.807, 2.05) is 24.3 Å². The van der Waals surface area contributed by atoms with Gasteiger partial charge in [0.05, 0.1) is 23.3 Å². The molecule has 1 fully saturated rings. The summed E-state index contributed by atoms with van der Waals surface area (Å²) in [4.78, 5) is 35.7. The zero-order valence-corrected chi connectivity index (χ0v) is 15.5. The molecule has 0 unspecified atom stereocenters. The molecule has 4 rings (SSSR count). The summed E-state index contributed by atoms with van der Waals surface area (Å²) in [6.07, 6.45) is -1.13. The van der Waals surface area contributed by atoms with Crippen molar-refractivity contribution in [2.45, 2.75) is 34.6 Å². The number of hydrogen-bond acceptors (Lipinski definition) is 8. The van der Waals surface area contributed by atoms with Crippen LogP contribution in [0.25, 0.3) is 0 Å². The maximum Gasteiger partial charge on any atom is 0.469 e. The van der Waals surface area contributed by atoms with Crippen molar-refractivity contribution >= 4 is 31.1 Å². The highest BCUT2D eigenvalue weighted by atomic mass is 32.2. The highest BCUT2D eigenvalue weighted by Gasteiger charge is 2.37. The molecule has 0 radical (unpaired) electrons. The van der Waals surface area contributed by atoms with E-state index in [2.05, 4.69) is 14.8 Å². The van der Waals surface area contributed by atoms with Gasteiger partial charge in [-0.25, -0.2) is 9.36 Å². The van der Waals surface area contributed by atoms with Gasteiger partial charge in [0.2, 0.25) is 0 Å². The molecule has 1 aromatic carbocycles. The SMILES string of the molecule is O=c1nc2c(cn1[C@H]1C[C@H](O)[C@@H](COP(=O)(O)O)O1)Sc1ccccc1N2. The second kappa shape index (κ2) is 7.02. The Bertz CT molecular complexity index is 978. The van der Waals surface area contributed by atoms with Gasteiger partial charge in [-0.1, -0.05) is 23.9 Å². The molecule has 0 spiro atoms. The monoisotopic (exact) mass is 413 g/mol. The molecule has 1 saturated heterocycles. The van der Waals surface area contributed by atoms with Gasteiger partial charge in [-0.15, -0.1) is 0 Å². The van der Waals surface area contributed by atoms with E-state index in [1.165, 1.54) is 16.3 Å². The van der Waals surface area contributed by atoms with Gasteiger partial charge in [0.25, 0.3) is 0 Å². The second-order valence-electron chi connectivity index (χ2n) is 6.09. The van der Waals surface area contributed by atoms with Crippen LogP contribution in [0.3, 0.4) is 0 Å². The van der Waals surface area contributed by atoms with Gasteiger partial charge >= 0.3 is 13.5 Å². The minimum atomic E-state index is -4.68. The molecule has 4 N–H and O–H groups in total. The van der Waals surface area contributed by atoms with Crippen LogP contribution in [-0.2, 0) is 13.8 Å². The van der Waals surface area contributed by atoms with Gasteiger partial charge in [-0.05, 0) is 12.1 Å². The summed E-state index contributed by atoms with van der Waals surface area (Å²) < 4.78 is 22.1. The number of benzene rings is 1. The number of fused-ring (bicyclic) bond motifs is 2. The van der Waals surface area contributed by atoms with E-state index >= 15 is 0 Å². The fourth-order valence-corrected chi connectivity index (χ4v) is 4.25. The Morgan fingerprint density at radius 1 is 1.37 bits per heavy atom. The molecule has 12 heteroatoms. The number of phosphoric acid groups is 1. The summed E-state index contributed by atoms with van der Waals surface area (Å²) >= 11 is 1.45. The first-order valence-electron chi connectivity index (χ1n) is 8.01. The summed E-state index contributed by atoms with van der Waals surface area (Å²) in [6, 6.07) is 7.62. The number of rotatable bonds is 4. The van der Waals surface area contributed by atoms with Crippen LogP contribution in [0.2, 0.25) is 0 Å². The third-order valence-electron chi connectivity index (χ3n) is 4.20. The Morgan fingerprint density at radius 2 is 2.15 bits per heavy atom. The number of aliphatic hydroxyl groups is 1. The molecule has 2 aliphatic heterocycles. The van der Waals surface area contributed by atoms with E-state index in [1.54, 1.807) is 6.20 Å². The zero-order valence-electron chi connectivity index (χ0n) is 13.8. The summed E-state index contributed by atoms with van der Waals surface area (Å²) in [5.74, 6) is 0.444. The smallest absolute Gasteiger partial charge is 0.390 e. The van der Waals surface area contributed by atoms with Crippen LogP contribution >= 0.6 is 19.6 Å². The molecule has 0 amide bonds. The van der Waals surface area contributed by atoms with Crippen molar-refractivity contribution < 1.29 is 28.7 Å². The molecule has 0 aliphatic carbocycles. The third-order valence-corrected chi connectivity index (χ3v) is 5.78. The van der Waals surface area contributed by atoms with Crippen LogP contribution in [0.4, 0.5) is 11.5 Å². The lowest BCUT2D eigenvalue weighted by molar-refractivity contribution is -0.0452. The molecule has 3 atom stereocenters. The first-order chi connectivity index (χ1) is 12.8. The second-order valence-corrected chi connectivity index (χ2v) is 8.41. The average molecular weight is 413 g/mol.